The number of halogens is 1. The Labute approximate surface area is 136 Å². The summed E-state index contributed by atoms with van der Waals surface area (Å²) in [5.41, 5.74) is -0.241. The number of amides is 1. The molecule has 1 amide bonds. The van der Waals surface area contributed by atoms with Crippen molar-refractivity contribution in [1.29, 1.82) is 0 Å². The van der Waals surface area contributed by atoms with Gasteiger partial charge >= 0.3 is 6.09 Å². The molecule has 22 heavy (non-hydrogen) atoms. The third-order valence-electron chi connectivity index (χ3n) is 4.60. The summed E-state index contributed by atoms with van der Waals surface area (Å²) in [6.45, 7) is 6.21. The van der Waals surface area contributed by atoms with E-state index in [1.54, 1.807) is 17.0 Å². The maximum Gasteiger partial charge on any atom is 0.410 e. The number of nitrogens with zero attached hydrogens (tertiary/aromatic N) is 1. The minimum Gasteiger partial charge on any atom is -0.444 e. The number of carbonyl (C=O) groups is 1. The van der Waals surface area contributed by atoms with Gasteiger partial charge in [0.05, 0.1) is 5.54 Å². The second-order valence-corrected chi connectivity index (χ2v) is 7.70. The highest BCUT2D eigenvalue weighted by Crippen LogP contribution is 2.62. The van der Waals surface area contributed by atoms with Crippen LogP contribution in [0.3, 0.4) is 0 Å². The molecule has 0 radical (unpaired) electrons. The molecule has 5 heteroatoms. The van der Waals surface area contributed by atoms with Crippen LogP contribution >= 0.6 is 11.6 Å². The molecule has 1 aliphatic carbocycles. The van der Waals surface area contributed by atoms with Gasteiger partial charge in [-0.2, -0.15) is 0 Å². The lowest BCUT2D eigenvalue weighted by Crippen LogP contribution is -2.46. The highest BCUT2D eigenvalue weighted by atomic mass is 35.5. The SMILES string of the molecule is CC(C)(C)OC(=O)N1CCC2CC21C(O)c1ccc(Cl)cc1. The predicted octanol–water partition coefficient (Wildman–Crippen LogP) is 3.77. The Balaban J connectivity index is 1.82. The van der Waals surface area contributed by atoms with Gasteiger partial charge in [0.1, 0.15) is 11.7 Å². The molecule has 4 nitrogen and oxygen atoms in total. The van der Waals surface area contributed by atoms with Crippen LogP contribution in [-0.4, -0.2) is 33.8 Å². The molecule has 0 spiro atoms. The molecule has 3 rings (SSSR count). The van der Waals surface area contributed by atoms with Crippen LogP contribution in [0, 0.1) is 5.92 Å². The average Bonchev–Trinajstić information content (AvgIpc) is 3.03. The highest BCUT2D eigenvalue weighted by molar-refractivity contribution is 6.30. The number of aliphatic hydroxyl groups excluding tert-OH is 1. The normalized spacial score (nSPS) is 28.2. The summed E-state index contributed by atoms with van der Waals surface area (Å²) in [5, 5.41) is 11.5. The summed E-state index contributed by atoms with van der Waals surface area (Å²) in [5.74, 6) is 0.352. The van der Waals surface area contributed by atoms with Crippen molar-refractivity contribution in [3.8, 4) is 0 Å². The first-order chi connectivity index (χ1) is 10.2. The van der Waals surface area contributed by atoms with E-state index in [1.807, 2.05) is 32.9 Å². The van der Waals surface area contributed by atoms with Crippen LogP contribution in [0.25, 0.3) is 0 Å². The van der Waals surface area contributed by atoms with Gasteiger partial charge in [-0.3, -0.25) is 4.90 Å². The van der Waals surface area contributed by atoms with Crippen LogP contribution in [0.15, 0.2) is 24.3 Å². The lowest BCUT2D eigenvalue weighted by Gasteiger charge is -2.34. The van der Waals surface area contributed by atoms with Gasteiger partial charge in [0.2, 0.25) is 0 Å². The van der Waals surface area contributed by atoms with Crippen molar-refractivity contribution in [2.45, 2.75) is 50.9 Å². The Hall–Kier alpha value is -1.26. The standard InChI is InChI=1S/C17H22ClNO3/c1-16(2,3)22-15(21)19-9-8-12-10-17(12,19)14(20)11-4-6-13(18)7-5-11/h4-7,12,14,20H,8-10H2,1-3H3. The van der Waals surface area contributed by atoms with E-state index >= 15 is 0 Å². The molecule has 120 valence electrons. The van der Waals surface area contributed by atoms with Crippen LogP contribution in [0.5, 0.6) is 0 Å². The molecule has 1 heterocycles. The molecule has 1 aromatic carbocycles. The van der Waals surface area contributed by atoms with Gasteiger partial charge in [0.15, 0.2) is 0 Å². The minimum atomic E-state index is -0.704. The Kier molecular flexibility index (Phi) is 3.65. The number of ether oxygens (including phenoxy) is 1. The van der Waals surface area contributed by atoms with Gasteiger partial charge in [-0.25, -0.2) is 4.79 Å². The summed E-state index contributed by atoms with van der Waals surface area (Å²) < 4.78 is 5.50. The van der Waals surface area contributed by atoms with Gasteiger partial charge in [0, 0.05) is 11.6 Å². The summed E-state index contributed by atoms with van der Waals surface area (Å²) >= 11 is 5.91. The van der Waals surface area contributed by atoms with E-state index in [0.29, 0.717) is 17.5 Å². The van der Waals surface area contributed by atoms with Crippen molar-refractivity contribution >= 4 is 17.7 Å². The van der Waals surface area contributed by atoms with E-state index in [-0.39, 0.29) is 6.09 Å². The van der Waals surface area contributed by atoms with Crippen molar-refractivity contribution in [3.05, 3.63) is 34.9 Å². The summed E-state index contributed by atoms with van der Waals surface area (Å²) in [6.07, 6.45) is 0.713. The number of benzene rings is 1. The molecule has 2 fully saturated rings. The maximum atomic E-state index is 12.5. The molecular formula is C17H22ClNO3. The lowest BCUT2D eigenvalue weighted by atomic mass is 9.98. The van der Waals surface area contributed by atoms with Gasteiger partial charge in [-0.1, -0.05) is 23.7 Å². The number of piperidine rings is 1. The van der Waals surface area contributed by atoms with E-state index in [4.69, 9.17) is 16.3 Å². The molecule has 1 saturated heterocycles. The number of carbonyl (C=O) groups excluding carboxylic acids is 1. The first-order valence-corrected chi connectivity index (χ1v) is 8.06. The molecule has 0 bridgehead atoms. The zero-order valence-electron chi connectivity index (χ0n) is 13.2. The summed E-state index contributed by atoms with van der Waals surface area (Å²) in [4.78, 5) is 14.2. The minimum absolute atomic E-state index is 0.333. The maximum absolute atomic E-state index is 12.5. The first kappa shape index (κ1) is 15.6. The van der Waals surface area contributed by atoms with E-state index in [0.717, 1.165) is 18.4 Å². The largest absolute Gasteiger partial charge is 0.444 e. The van der Waals surface area contributed by atoms with Gasteiger partial charge in [-0.15, -0.1) is 0 Å². The van der Waals surface area contributed by atoms with Crippen molar-refractivity contribution in [2.75, 3.05) is 6.54 Å². The Morgan fingerprint density at radius 2 is 2.05 bits per heavy atom. The van der Waals surface area contributed by atoms with Gasteiger partial charge in [-0.05, 0) is 57.2 Å². The molecular weight excluding hydrogens is 302 g/mol. The Morgan fingerprint density at radius 3 is 2.59 bits per heavy atom. The highest BCUT2D eigenvalue weighted by Gasteiger charge is 2.68. The summed E-state index contributed by atoms with van der Waals surface area (Å²) in [6, 6.07) is 7.17. The number of fused-ring (bicyclic) bond motifs is 1. The zero-order valence-corrected chi connectivity index (χ0v) is 13.9. The monoisotopic (exact) mass is 323 g/mol. The van der Waals surface area contributed by atoms with Gasteiger partial charge < -0.3 is 9.84 Å². The number of aliphatic hydroxyl groups is 1. The molecule has 1 aromatic rings. The molecule has 1 saturated carbocycles. The van der Waals surface area contributed by atoms with Crippen LogP contribution in [0.2, 0.25) is 5.02 Å². The van der Waals surface area contributed by atoms with E-state index in [9.17, 15) is 9.90 Å². The van der Waals surface area contributed by atoms with E-state index in [1.165, 1.54) is 0 Å². The van der Waals surface area contributed by atoms with Crippen LogP contribution in [0.4, 0.5) is 4.79 Å². The first-order valence-electron chi connectivity index (χ1n) is 7.68. The fourth-order valence-electron chi connectivity index (χ4n) is 3.51. The number of hydrogen-bond donors (Lipinski definition) is 1. The van der Waals surface area contributed by atoms with Crippen molar-refractivity contribution in [2.24, 2.45) is 5.92 Å². The fourth-order valence-corrected chi connectivity index (χ4v) is 3.63. The molecule has 3 atom stereocenters. The Bertz CT molecular complexity index is 581. The molecule has 3 unspecified atom stereocenters. The molecule has 0 aromatic heterocycles. The average molecular weight is 324 g/mol. The van der Waals surface area contributed by atoms with Crippen LogP contribution < -0.4 is 0 Å². The molecule has 1 aliphatic heterocycles. The Morgan fingerprint density at radius 1 is 1.41 bits per heavy atom. The second-order valence-electron chi connectivity index (χ2n) is 7.27. The lowest BCUT2D eigenvalue weighted by molar-refractivity contribution is -0.00703. The zero-order chi connectivity index (χ0) is 16.1. The molecule has 1 N–H and O–H groups in total. The van der Waals surface area contributed by atoms with E-state index < -0.39 is 17.2 Å². The number of likely N-dealkylation sites (tertiary alicyclic amines) is 1. The van der Waals surface area contributed by atoms with Gasteiger partial charge in [0.25, 0.3) is 0 Å². The predicted molar refractivity (Wildman–Crippen MR) is 84.8 cm³/mol. The smallest absolute Gasteiger partial charge is 0.410 e. The quantitative estimate of drug-likeness (QED) is 0.901. The second kappa shape index (κ2) is 5.14. The topological polar surface area (TPSA) is 49.8 Å². The van der Waals surface area contributed by atoms with Crippen molar-refractivity contribution in [3.63, 3.8) is 0 Å². The van der Waals surface area contributed by atoms with E-state index in [2.05, 4.69) is 0 Å². The van der Waals surface area contributed by atoms with Crippen LogP contribution in [-0.2, 0) is 4.74 Å². The third kappa shape index (κ3) is 2.59. The van der Waals surface area contributed by atoms with Crippen molar-refractivity contribution in [1.82, 2.24) is 4.90 Å². The summed E-state index contributed by atoms with van der Waals surface area (Å²) in [7, 11) is 0. The van der Waals surface area contributed by atoms with Crippen LogP contribution in [0.1, 0.15) is 45.3 Å². The number of rotatable bonds is 2. The third-order valence-corrected chi connectivity index (χ3v) is 4.85. The molecule has 2 aliphatic rings. The number of hydrogen-bond acceptors (Lipinski definition) is 3. The van der Waals surface area contributed by atoms with Crippen molar-refractivity contribution < 1.29 is 14.6 Å². The fraction of sp³-hybridized carbons (Fsp3) is 0.588.